The van der Waals surface area contributed by atoms with Crippen molar-refractivity contribution >= 4 is 6.21 Å². The van der Waals surface area contributed by atoms with Gasteiger partial charge in [-0.3, -0.25) is 0 Å². The molecule has 0 fully saturated rings. The Hall–Kier alpha value is -1.83. The number of allylic oxidation sites excluding steroid dienone is 4. The molecule has 0 aliphatic heterocycles. The van der Waals surface area contributed by atoms with Gasteiger partial charge in [-0.2, -0.15) is 0 Å². The van der Waals surface area contributed by atoms with Crippen molar-refractivity contribution in [2.75, 3.05) is 0 Å². The Kier molecular flexibility index (Phi) is 6.65. The normalized spacial score (nSPS) is 12.4. The topological polar surface area (TPSA) is 26.1 Å². The lowest BCUT2D eigenvalue weighted by Crippen LogP contribution is -2.03. The van der Waals surface area contributed by atoms with Crippen LogP contribution in [0.15, 0.2) is 53.6 Å². The maximum Gasteiger partial charge on any atom is 0.178 e. The van der Waals surface area contributed by atoms with E-state index in [2.05, 4.69) is 26.8 Å². The van der Waals surface area contributed by atoms with Crippen LogP contribution in [0, 0.1) is 5.21 Å². The second-order valence-electron chi connectivity index (χ2n) is 5.04. The molecule has 0 saturated carbocycles. The van der Waals surface area contributed by atoms with Gasteiger partial charge in [0.25, 0.3) is 0 Å². The van der Waals surface area contributed by atoms with E-state index in [0.29, 0.717) is 6.54 Å². The first-order valence-electron chi connectivity index (χ1n) is 6.69. The maximum atomic E-state index is 11.7. The van der Waals surface area contributed by atoms with Crippen molar-refractivity contribution < 1.29 is 4.74 Å². The minimum absolute atomic E-state index is 0.401. The van der Waals surface area contributed by atoms with Gasteiger partial charge in [0.15, 0.2) is 12.8 Å². The van der Waals surface area contributed by atoms with Crippen LogP contribution in [-0.2, 0) is 6.54 Å². The third-order valence-corrected chi connectivity index (χ3v) is 2.80. The summed E-state index contributed by atoms with van der Waals surface area (Å²) in [6.07, 6.45) is 7.78. The lowest BCUT2D eigenvalue weighted by atomic mass is 10.1. The SMILES string of the molecule is CC(C)=CCCC(C)=CC=[N+]([O-])Cc1ccccc1. The first kappa shape index (κ1) is 15.2. The van der Waals surface area contributed by atoms with Crippen molar-refractivity contribution in [3.8, 4) is 0 Å². The Morgan fingerprint density at radius 3 is 2.47 bits per heavy atom. The van der Waals surface area contributed by atoms with E-state index in [4.69, 9.17) is 0 Å². The van der Waals surface area contributed by atoms with Crippen LogP contribution in [0.1, 0.15) is 39.2 Å². The van der Waals surface area contributed by atoms with Crippen LogP contribution in [0.2, 0.25) is 0 Å². The summed E-state index contributed by atoms with van der Waals surface area (Å²) in [5, 5.41) is 11.7. The third-order valence-electron chi connectivity index (χ3n) is 2.80. The van der Waals surface area contributed by atoms with Crippen LogP contribution in [0.5, 0.6) is 0 Å². The molecule has 1 rings (SSSR count). The summed E-state index contributed by atoms with van der Waals surface area (Å²) < 4.78 is 0.972. The summed E-state index contributed by atoms with van der Waals surface area (Å²) in [5.41, 5.74) is 3.60. The number of hydrogen-bond donors (Lipinski definition) is 0. The van der Waals surface area contributed by atoms with Crippen molar-refractivity contribution in [1.29, 1.82) is 0 Å². The second kappa shape index (κ2) is 8.30. The molecule has 19 heavy (non-hydrogen) atoms. The summed E-state index contributed by atoms with van der Waals surface area (Å²) in [7, 11) is 0. The molecule has 0 aliphatic carbocycles. The van der Waals surface area contributed by atoms with E-state index in [1.54, 1.807) is 6.21 Å². The van der Waals surface area contributed by atoms with Gasteiger partial charge in [0.2, 0.25) is 0 Å². The highest BCUT2D eigenvalue weighted by atomic mass is 16.5. The highest BCUT2D eigenvalue weighted by Gasteiger charge is 1.96. The van der Waals surface area contributed by atoms with Gasteiger partial charge < -0.3 is 5.21 Å². The number of rotatable bonds is 6. The molecule has 1 aromatic rings. The molecule has 0 amide bonds. The average Bonchev–Trinajstić information content (AvgIpc) is 2.37. The second-order valence-corrected chi connectivity index (χ2v) is 5.04. The molecule has 2 nitrogen and oxygen atoms in total. The Labute approximate surface area is 116 Å². The highest BCUT2D eigenvalue weighted by Crippen LogP contribution is 2.06. The van der Waals surface area contributed by atoms with Crippen molar-refractivity contribution in [2.24, 2.45) is 0 Å². The molecule has 0 atom stereocenters. The number of nitrogens with zero attached hydrogens (tertiary/aromatic N) is 1. The summed E-state index contributed by atoms with van der Waals surface area (Å²) in [4.78, 5) is 0. The fourth-order valence-corrected chi connectivity index (χ4v) is 1.70. The van der Waals surface area contributed by atoms with E-state index in [1.165, 1.54) is 11.1 Å². The molecule has 0 N–H and O–H groups in total. The van der Waals surface area contributed by atoms with E-state index >= 15 is 0 Å². The summed E-state index contributed by atoms with van der Waals surface area (Å²) >= 11 is 0. The van der Waals surface area contributed by atoms with Gasteiger partial charge in [-0.1, -0.05) is 47.6 Å². The molecule has 0 heterocycles. The van der Waals surface area contributed by atoms with Gasteiger partial charge in [-0.15, -0.1) is 0 Å². The summed E-state index contributed by atoms with van der Waals surface area (Å²) in [6.45, 7) is 6.67. The predicted molar refractivity (Wildman–Crippen MR) is 82.3 cm³/mol. The molecule has 0 spiro atoms. The predicted octanol–water partition coefficient (Wildman–Crippen LogP) is 4.46. The van der Waals surface area contributed by atoms with Gasteiger partial charge in [-0.05, 0) is 33.6 Å². The summed E-state index contributed by atoms with van der Waals surface area (Å²) in [6, 6.07) is 9.78. The Bertz CT molecular complexity index is 465. The van der Waals surface area contributed by atoms with E-state index in [0.717, 1.165) is 23.1 Å². The van der Waals surface area contributed by atoms with Gasteiger partial charge in [0.1, 0.15) is 0 Å². The molecular weight excluding hydrogens is 234 g/mol. The van der Waals surface area contributed by atoms with Gasteiger partial charge in [-0.25, -0.2) is 4.74 Å². The Balaban J connectivity index is 2.47. The van der Waals surface area contributed by atoms with Gasteiger partial charge in [0.05, 0.1) is 0 Å². The van der Waals surface area contributed by atoms with Crippen LogP contribution in [0.4, 0.5) is 0 Å². The van der Waals surface area contributed by atoms with Crippen molar-refractivity contribution in [3.63, 3.8) is 0 Å². The lowest BCUT2D eigenvalue weighted by molar-refractivity contribution is -0.469. The fraction of sp³-hybridized carbons (Fsp3) is 0.353. The molecule has 102 valence electrons. The van der Waals surface area contributed by atoms with Crippen LogP contribution < -0.4 is 0 Å². The molecule has 2 heteroatoms. The Morgan fingerprint density at radius 2 is 1.84 bits per heavy atom. The van der Waals surface area contributed by atoms with Crippen LogP contribution in [0.3, 0.4) is 0 Å². The van der Waals surface area contributed by atoms with Crippen LogP contribution >= 0.6 is 0 Å². The fourth-order valence-electron chi connectivity index (χ4n) is 1.70. The standard InChI is InChI=1S/C17H23NO/c1-15(2)8-7-9-16(3)12-13-18(19)14-17-10-5-4-6-11-17/h4-6,8,10-13H,7,9,14H2,1-3H3. The minimum Gasteiger partial charge on any atom is -0.624 e. The van der Waals surface area contributed by atoms with Gasteiger partial charge >= 0.3 is 0 Å². The molecule has 1 aromatic carbocycles. The molecule has 0 radical (unpaired) electrons. The minimum atomic E-state index is 0.401. The van der Waals surface area contributed by atoms with Crippen molar-refractivity contribution in [3.05, 3.63) is 64.4 Å². The molecular formula is C17H23NO. The zero-order valence-corrected chi connectivity index (χ0v) is 12.1. The van der Waals surface area contributed by atoms with Crippen LogP contribution in [0.25, 0.3) is 0 Å². The quantitative estimate of drug-likeness (QED) is 0.243. The lowest BCUT2D eigenvalue weighted by Gasteiger charge is -2.03. The number of hydroxylamine groups is 1. The number of hydrogen-bond acceptors (Lipinski definition) is 1. The zero-order chi connectivity index (χ0) is 14.1. The largest absolute Gasteiger partial charge is 0.624 e. The molecule has 0 bridgehead atoms. The van der Waals surface area contributed by atoms with E-state index in [1.807, 2.05) is 36.4 Å². The van der Waals surface area contributed by atoms with Gasteiger partial charge in [0, 0.05) is 11.6 Å². The van der Waals surface area contributed by atoms with E-state index in [9.17, 15) is 5.21 Å². The molecule has 0 saturated heterocycles. The van der Waals surface area contributed by atoms with Crippen molar-refractivity contribution in [1.82, 2.24) is 0 Å². The third kappa shape index (κ3) is 7.24. The highest BCUT2D eigenvalue weighted by molar-refractivity contribution is 5.67. The molecule has 0 aromatic heterocycles. The number of benzene rings is 1. The maximum absolute atomic E-state index is 11.7. The van der Waals surface area contributed by atoms with E-state index in [-0.39, 0.29) is 0 Å². The molecule has 0 unspecified atom stereocenters. The van der Waals surface area contributed by atoms with Crippen LogP contribution in [-0.4, -0.2) is 11.0 Å². The summed E-state index contributed by atoms with van der Waals surface area (Å²) in [5.74, 6) is 0. The monoisotopic (exact) mass is 257 g/mol. The molecule has 0 aliphatic rings. The zero-order valence-electron chi connectivity index (χ0n) is 12.1. The average molecular weight is 257 g/mol. The van der Waals surface area contributed by atoms with Crippen molar-refractivity contribution in [2.45, 2.75) is 40.2 Å². The first-order chi connectivity index (χ1) is 9.08. The van der Waals surface area contributed by atoms with E-state index < -0.39 is 0 Å². The first-order valence-corrected chi connectivity index (χ1v) is 6.69. The Morgan fingerprint density at radius 1 is 1.16 bits per heavy atom. The smallest absolute Gasteiger partial charge is 0.178 e.